The first-order chi connectivity index (χ1) is 11.2. The molecule has 1 aliphatic heterocycles. The molecule has 4 heterocycles. The van der Waals surface area contributed by atoms with Gasteiger partial charge in [0, 0.05) is 19.1 Å². The van der Waals surface area contributed by atoms with Gasteiger partial charge in [0.1, 0.15) is 16.5 Å². The molecule has 6 heteroatoms. The van der Waals surface area contributed by atoms with E-state index in [0.717, 1.165) is 42.4 Å². The lowest BCUT2D eigenvalue weighted by atomic mass is 10.0. The van der Waals surface area contributed by atoms with Crippen LogP contribution in [0.1, 0.15) is 24.2 Å². The van der Waals surface area contributed by atoms with E-state index in [1.165, 1.54) is 16.0 Å². The van der Waals surface area contributed by atoms with E-state index in [-0.39, 0.29) is 0 Å². The highest BCUT2D eigenvalue weighted by atomic mass is 32.1. The number of thiophene rings is 2. The molecular weight excluding hydrogens is 324 g/mol. The lowest BCUT2D eigenvalue weighted by Crippen LogP contribution is -2.39. The van der Waals surface area contributed by atoms with Gasteiger partial charge in [-0.2, -0.15) is 0 Å². The van der Waals surface area contributed by atoms with Crippen LogP contribution in [0.15, 0.2) is 22.9 Å². The molecule has 0 bridgehead atoms. The van der Waals surface area contributed by atoms with E-state index >= 15 is 0 Å². The monoisotopic (exact) mass is 344 g/mol. The van der Waals surface area contributed by atoms with Crippen LogP contribution < -0.4 is 10.2 Å². The molecule has 1 N–H and O–H groups in total. The van der Waals surface area contributed by atoms with Crippen LogP contribution in [0.3, 0.4) is 0 Å². The number of rotatable bonds is 3. The maximum absolute atomic E-state index is 4.67. The largest absolute Gasteiger partial charge is 0.367 e. The van der Waals surface area contributed by atoms with Gasteiger partial charge in [-0.25, -0.2) is 9.97 Å². The van der Waals surface area contributed by atoms with Crippen LogP contribution >= 0.6 is 22.7 Å². The van der Waals surface area contributed by atoms with Crippen molar-refractivity contribution in [3.8, 4) is 0 Å². The topological polar surface area (TPSA) is 41.1 Å². The molecule has 0 saturated carbocycles. The van der Waals surface area contributed by atoms with E-state index in [2.05, 4.69) is 50.0 Å². The van der Waals surface area contributed by atoms with Crippen molar-refractivity contribution < 1.29 is 0 Å². The predicted molar refractivity (Wildman–Crippen MR) is 100 cm³/mol. The van der Waals surface area contributed by atoms with E-state index in [9.17, 15) is 0 Å². The highest BCUT2D eigenvalue weighted by Gasteiger charge is 2.21. The molecule has 3 aromatic rings. The Morgan fingerprint density at radius 1 is 1.17 bits per heavy atom. The minimum absolute atomic E-state index is 0.489. The fraction of sp³-hybridized carbons (Fsp3) is 0.412. The molecule has 1 saturated heterocycles. The SMILES string of the molecule is Cc1nc(NC2CCN(c3cccs3)CC2)c2c(C)csc2n1. The van der Waals surface area contributed by atoms with Gasteiger partial charge in [0.05, 0.1) is 10.4 Å². The molecule has 120 valence electrons. The molecular formula is C17H20N4S2. The van der Waals surface area contributed by atoms with Crippen molar-refractivity contribution in [2.45, 2.75) is 32.7 Å². The molecule has 23 heavy (non-hydrogen) atoms. The zero-order valence-electron chi connectivity index (χ0n) is 13.4. The summed E-state index contributed by atoms with van der Waals surface area (Å²) in [5, 5.41) is 10.6. The number of piperidine rings is 1. The Morgan fingerprint density at radius 2 is 2.00 bits per heavy atom. The van der Waals surface area contributed by atoms with Gasteiger partial charge in [-0.3, -0.25) is 0 Å². The van der Waals surface area contributed by atoms with Gasteiger partial charge in [-0.15, -0.1) is 22.7 Å². The highest BCUT2D eigenvalue weighted by Crippen LogP contribution is 2.31. The summed E-state index contributed by atoms with van der Waals surface area (Å²) in [5.41, 5.74) is 1.27. The van der Waals surface area contributed by atoms with Crippen LogP contribution in [0.2, 0.25) is 0 Å². The van der Waals surface area contributed by atoms with Gasteiger partial charge in [0.25, 0.3) is 0 Å². The molecule has 0 radical (unpaired) electrons. The molecule has 0 aliphatic carbocycles. The second-order valence-corrected chi connectivity index (χ2v) is 7.86. The van der Waals surface area contributed by atoms with E-state index in [1.807, 2.05) is 18.3 Å². The maximum Gasteiger partial charge on any atom is 0.138 e. The summed E-state index contributed by atoms with van der Waals surface area (Å²) in [5.74, 6) is 1.86. The number of aryl methyl sites for hydroxylation is 2. The molecule has 0 amide bonds. The van der Waals surface area contributed by atoms with Gasteiger partial charge in [-0.1, -0.05) is 0 Å². The molecule has 0 atom stereocenters. The summed E-state index contributed by atoms with van der Waals surface area (Å²) in [4.78, 5) is 12.8. The van der Waals surface area contributed by atoms with Gasteiger partial charge in [0.2, 0.25) is 0 Å². The Labute approximate surface area is 144 Å². The van der Waals surface area contributed by atoms with E-state index < -0.39 is 0 Å². The average Bonchev–Trinajstić information content (AvgIpc) is 3.18. The number of hydrogen-bond acceptors (Lipinski definition) is 6. The van der Waals surface area contributed by atoms with Crippen LogP contribution in [0, 0.1) is 13.8 Å². The standard InChI is InChI=1S/C17H20N4S2/c1-11-10-23-17-15(11)16(18-12(2)19-17)20-13-5-7-21(8-6-13)14-4-3-9-22-14/h3-4,9-10,13H,5-8H2,1-2H3,(H,18,19,20). The molecule has 0 spiro atoms. The smallest absolute Gasteiger partial charge is 0.138 e. The first kappa shape index (κ1) is 14.9. The van der Waals surface area contributed by atoms with Crippen LogP contribution in [0.5, 0.6) is 0 Å². The summed E-state index contributed by atoms with van der Waals surface area (Å²) in [7, 11) is 0. The first-order valence-electron chi connectivity index (χ1n) is 7.98. The molecule has 4 rings (SSSR count). The molecule has 1 fully saturated rings. The summed E-state index contributed by atoms with van der Waals surface area (Å²) in [6.07, 6.45) is 2.29. The minimum atomic E-state index is 0.489. The number of nitrogens with one attached hydrogen (secondary N) is 1. The van der Waals surface area contributed by atoms with Gasteiger partial charge in [0.15, 0.2) is 0 Å². The zero-order valence-corrected chi connectivity index (χ0v) is 15.0. The molecule has 0 aromatic carbocycles. The van der Waals surface area contributed by atoms with Crippen LogP contribution in [0.4, 0.5) is 10.8 Å². The van der Waals surface area contributed by atoms with Crippen molar-refractivity contribution in [3.63, 3.8) is 0 Å². The lowest BCUT2D eigenvalue weighted by Gasteiger charge is -2.33. The highest BCUT2D eigenvalue weighted by molar-refractivity contribution is 7.17. The van der Waals surface area contributed by atoms with Gasteiger partial charge >= 0.3 is 0 Å². The summed E-state index contributed by atoms with van der Waals surface area (Å²) in [6.45, 7) is 6.32. The van der Waals surface area contributed by atoms with Crippen molar-refractivity contribution in [1.82, 2.24) is 9.97 Å². The molecule has 3 aromatic heterocycles. The lowest BCUT2D eigenvalue weighted by molar-refractivity contribution is 0.527. The predicted octanol–water partition coefficient (Wildman–Crippen LogP) is 4.45. The Balaban J connectivity index is 1.50. The zero-order chi connectivity index (χ0) is 15.8. The number of nitrogens with zero attached hydrogens (tertiary/aromatic N) is 3. The fourth-order valence-corrected chi connectivity index (χ4v) is 4.93. The Kier molecular flexibility index (Phi) is 3.95. The van der Waals surface area contributed by atoms with E-state index in [4.69, 9.17) is 0 Å². The van der Waals surface area contributed by atoms with Crippen molar-refractivity contribution in [1.29, 1.82) is 0 Å². The summed E-state index contributed by atoms with van der Waals surface area (Å²) in [6, 6.07) is 4.83. The van der Waals surface area contributed by atoms with Gasteiger partial charge in [-0.05, 0) is 55.1 Å². The number of anilines is 2. The Morgan fingerprint density at radius 3 is 2.74 bits per heavy atom. The van der Waals surface area contributed by atoms with Crippen molar-refractivity contribution >= 4 is 43.7 Å². The summed E-state index contributed by atoms with van der Waals surface area (Å²) >= 11 is 3.53. The quantitative estimate of drug-likeness (QED) is 0.762. The normalized spacial score (nSPS) is 16.2. The third kappa shape index (κ3) is 2.93. The second-order valence-electron chi connectivity index (χ2n) is 6.08. The van der Waals surface area contributed by atoms with Crippen LogP contribution in [-0.2, 0) is 0 Å². The molecule has 0 unspecified atom stereocenters. The van der Waals surface area contributed by atoms with Crippen molar-refractivity contribution in [2.24, 2.45) is 0 Å². The summed E-state index contributed by atoms with van der Waals surface area (Å²) < 4.78 is 0. The fourth-order valence-electron chi connectivity index (χ4n) is 3.18. The maximum atomic E-state index is 4.67. The van der Waals surface area contributed by atoms with Crippen molar-refractivity contribution in [3.05, 3.63) is 34.3 Å². The second kappa shape index (κ2) is 6.09. The van der Waals surface area contributed by atoms with Crippen LogP contribution in [0.25, 0.3) is 10.2 Å². The Hall–Kier alpha value is -1.66. The number of hydrogen-bond donors (Lipinski definition) is 1. The van der Waals surface area contributed by atoms with Crippen molar-refractivity contribution in [2.75, 3.05) is 23.3 Å². The van der Waals surface area contributed by atoms with Crippen LogP contribution in [-0.4, -0.2) is 29.1 Å². The third-order valence-corrected chi connectivity index (χ3v) is 6.30. The molecule has 4 nitrogen and oxygen atoms in total. The van der Waals surface area contributed by atoms with E-state index in [0.29, 0.717) is 6.04 Å². The Bertz CT molecular complexity index is 801. The average molecular weight is 345 g/mol. The number of aromatic nitrogens is 2. The molecule has 1 aliphatic rings. The van der Waals surface area contributed by atoms with E-state index in [1.54, 1.807) is 11.3 Å². The number of fused-ring (bicyclic) bond motifs is 1. The minimum Gasteiger partial charge on any atom is -0.367 e. The third-order valence-electron chi connectivity index (χ3n) is 4.38. The first-order valence-corrected chi connectivity index (χ1v) is 9.74. The van der Waals surface area contributed by atoms with Gasteiger partial charge < -0.3 is 10.2 Å².